The molecule has 5 rings (SSSR count). The SMILES string of the molecule is N#Cc1cnc2nc(C3CCN([C@@H]4CN[C@H](C(=O)N5CCSC5)C4)CC3)oc2c1. The van der Waals surface area contributed by atoms with Crippen molar-refractivity contribution in [1.82, 2.24) is 25.1 Å². The third kappa shape index (κ3) is 3.72. The van der Waals surface area contributed by atoms with E-state index >= 15 is 0 Å². The maximum atomic E-state index is 12.6. The van der Waals surface area contributed by atoms with Crippen LogP contribution in [-0.2, 0) is 4.79 Å². The second kappa shape index (κ2) is 7.94. The molecule has 2 aromatic rings. The lowest BCUT2D eigenvalue weighted by Gasteiger charge is -2.34. The van der Waals surface area contributed by atoms with Crippen molar-refractivity contribution < 1.29 is 9.21 Å². The van der Waals surface area contributed by atoms with E-state index < -0.39 is 0 Å². The zero-order valence-electron chi connectivity index (χ0n) is 16.2. The van der Waals surface area contributed by atoms with Crippen molar-refractivity contribution >= 4 is 28.9 Å². The van der Waals surface area contributed by atoms with E-state index in [2.05, 4.69) is 26.3 Å². The highest BCUT2D eigenvalue weighted by Gasteiger charge is 2.37. The standard InChI is InChI=1S/C20H24N6O2S/c21-9-13-7-17-18(23-10-13)24-19(28-17)14-1-3-25(4-2-14)15-8-16(22-11-15)20(27)26-5-6-29-12-26/h7,10,14-16,22H,1-6,8,11-12H2/t15-,16-/m0/s1. The van der Waals surface area contributed by atoms with Crippen LogP contribution in [0.1, 0.15) is 36.6 Å². The Kier molecular flexibility index (Phi) is 5.16. The van der Waals surface area contributed by atoms with Crippen LogP contribution >= 0.6 is 11.8 Å². The van der Waals surface area contributed by atoms with Gasteiger partial charge in [-0.15, -0.1) is 11.8 Å². The molecule has 9 heteroatoms. The normalized spacial score (nSPS) is 26.2. The van der Waals surface area contributed by atoms with Gasteiger partial charge in [-0.3, -0.25) is 9.69 Å². The highest BCUT2D eigenvalue weighted by Crippen LogP contribution is 2.31. The number of carbonyl (C=O) groups is 1. The fourth-order valence-corrected chi connectivity index (χ4v) is 5.53. The molecule has 0 unspecified atom stereocenters. The molecule has 3 saturated heterocycles. The van der Waals surface area contributed by atoms with Crippen LogP contribution in [0.25, 0.3) is 11.2 Å². The number of carbonyl (C=O) groups excluding carboxylic acids is 1. The molecule has 2 atom stereocenters. The molecule has 152 valence electrons. The number of piperidine rings is 1. The van der Waals surface area contributed by atoms with Gasteiger partial charge in [-0.25, -0.2) is 4.98 Å². The summed E-state index contributed by atoms with van der Waals surface area (Å²) >= 11 is 1.83. The third-order valence-electron chi connectivity index (χ3n) is 6.26. The van der Waals surface area contributed by atoms with E-state index in [4.69, 9.17) is 9.68 Å². The summed E-state index contributed by atoms with van der Waals surface area (Å²) in [5, 5.41) is 12.5. The number of aromatic nitrogens is 2. The number of amides is 1. The molecule has 3 fully saturated rings. The van der Waals surface area contributed by atoms with Gasteiger partial charge in [0.25, 0.3) is 0 Å². The van der Waals surface area contributed by atoms with Crippen LogP contribution in [0.15, 0.2) is 16.7 Å². The minimum absolute atomic E-state index is 0.0335. The lowest BCUT2D eigenvalue weighted by atomic mass is 9.95. The van der Waals surface area contributed by atoms with E-state index in [0.29, 0.717) is 22.8 Å². The predicted molar refractivity (Wildman–Crippen MR) is 109 cm³/mol. The fraction of sp³-hybridized carbons (Fsp3) is 0.600. The van der Waals surface area contributed by atoms with E-state index in [9.17, 15) is 4.79 Å². The van der Waals surface area contributed by atoms with Crippen molar-refractivity contribution in [1.29, 1.82) is 5.26 Å². The first-order valence-corrected chi connectivity index (χ1v) is 11.4. The van der Waals surface area contributed by atoms with Crippen molar-refractivity contribution in [2.24, 2.45) is 0 Å². The predicted octanol–water partition coefficient (Wildman–Crippen LogP) is 1.54. The number of nitrogens with one attached hydrogen (secondary N) is 1. The first-order valence-electron chi connectivity index (χ1n) is 10.2. The van der Waals surface area contributed by atoms with Crippen molar-refractivity contribution in [3.63, 3.8) is 0 Å². The van der Waals surface area contributed by atoms with Gasteiger partial charge in [0.05, 0.1) is 17.5 Å². The number of oxazole rings is 1. The molecule has 0 bridgehead atoms. The number of fused-ring (bicyclic) bond motifs is 1. The maximum Gasteiger partial charge on any atom is 0.240 e. The smallest absolute Gasteiger partial charge is 0.240 e. The summed E-state index contributed by atoms with van der Waals surface area (Å²) < 4.78 is 5.91. The number of nitrogens with zero attached hydrogens (tertiary/aromatic N) is 5. The fourth-order valence-electron chi connectivity index (χ4n) is 4.58. The van der Waals surface area contributed by atoms with Gasteiger partial charge in [-0.2, -0.15) is 10.2 Å². The molecule has 0 spiro atoms. The highest BCUT2D eigenvalue weighted by atomic mass is 32.2. The molecule has 8 nitrogen and oxygen atoms in total. The van der Waals surface area contributed by atoms with Crippen molar-refractivity contribution in [3.05, 3.63) is 23.7 Å². The van der Waals surface area contributed by atoms with E-state index in [-0.39, 0.29) is 17.9 Å². The quantitative estimate of drug-likeness (QED) is 0.811. The summed E-state index contributed by atoms with van der Waals surface area (Å²) in [5.41, 5.74) is 1.64. The molecule has 3 aliphatic rings. The van der Waals surface area contributed by atoms with Crippen LogP contribution in [0.4, 0.5) is 0 Å². The summed E-state index contributed by atoms with van der Waals surface area (Å²) in [6.45, 7) is 3.72. The Labute approximate surface area is 173 Å². The van der Waals surface area contributed by atoms with Crippen LogP contribution in [0, 0.1) is 11.3 Å². The Balaban J connectivity index is 1.18. The van der Waals surface area contributed by atoms with E-state index in [1.165, 1.54) is 6.20 Å². The highest BCUT2D eigenvalue weighted by molar-refractivity contribution is 7.99. The van der Waals surface area contributed by atoms with Crippen LogP contribution in [-0.4, -0.2) is 75.6 Å². The van der Waals surface area contributed by atoms with Gasteiger partial charge < -0.3 is 14.6 Å². The zero-order valence-corrected chi connectivity index (χ0v) is 17.0. The Bertz CT molecular complexity index is 942. The van der Waals surface area contributed by atoms with Crippen molar-refractivity contribution in [2.45, 2.75) is 37.3 Å². The topological polar surface area (TPSA) is 98.3 Å². The second-order valence-electron chi connectivity index (χ2n) is 8.01. The number of thioether (sulfide) groups is 1. The molecular formula is C20H24N6O2S. The van der Waals surface area contributed by atoms with Gasteiger partial charge in [-0.05, 0) is 32.4 Å². The minimum Gasteiger partial charge on any atom is -0.439 e. The van der Waals surface area contributed by atoms with E-state index in [1.807, 2.05) is 16.7 Å². The van der Waals surface area contributed by atoms with Gasteiger partial charge in [-0.1, -0.05) is 0 Å². The van der Waals surface area contributed by atoms with Crippen molar-refractivity contribution in [3.8, 4) is 6.07 Å². The molecule has 0 aliphatic carbocycles. The van der Waals surface area contributed by atoms with Gasteiger partial charge in [0.15, 0.2) is 17.1 Å². The first-order chi connectivity index (χ1) is 14.2. The van der Waals surface area contributed by atoms with Gasteiger partial charge >= 0.3 is 0 Å². The Morgan fingerprint density at radius 3 is 2.97 bits per heavy atom. The third-order valence-corrected chi connectivity index (χ3v) is 7.22. The Morgan fingerprint density at radius 1 is 1.34 bits per heavy atom. The average Bonchev–Trinajstić information content (AvgIpc) is 3.53. The Hall–Kier alpha value is -2.15. The maximum absolute atomic E-state index is 12.6. The largest absolute Gasteiger partial charge is 0.439 e. The molecule has 1 amide bonds. The minimum atomic E-state index is -0.0335. The van der Waals surface area contributed by atoms with Crippen LogP contribution in [0.2, 0.25) is 0 Å². The summed E-state index contributed by atoms with van der Waals surface area (Å²) in [6.07, 6.45) is 4.39. The molecule has 0 radical (unpaired) electrons. The van der Waals surface area contributed by atoms with Crippen molar-refractivity contribution in [2.75, 3.05) is 37.8 Å². The molecule has 5 heterocycles. The molecule has 2 aromatic heterocycles. The molecule has 3 aliphatic heterocycles. The molecule has 29 heavy (non-hydrogen) atoms. The number of nitriles is 1. The summed E-state index contributed by atoms with van der Waals surface area (Å²) in [5.74, 6) is 3.16. The van der Waals surface area contributed by atoms with Crippen LogP contribution < -0.4 is 5.32 Å². The zero-order chi connectivity index (χ0) is 19.8. The summed E-state index contributed by atoms with van der Waals surface area (Å²) in [4.78, 5) is 25.9. The molecule has 0 saturated carbocycles. The average molecular weight is 413 g/mol. The number of rotatable bonds is 3. The first kappa shape index (κ1) is 18.9. The molecule has 1 N–H and O–H groups in total. The van der Waals surface area contributed by atoms with E-state index in [1.54, 1.807) is 6.07 Å². The van der Waals surface area contributed by atoms with Gasteiger partial charge in [0.2, 0.25) is 5.91 Å². The molecule has 0 aromatic carbocycles. The lowest BCUT2D eigenvalue weighted by molar-refractivity contribution is -0.131. The summed E-state index contributed by atoms with van der Waals surface area (Å²) in [7, 11) is 0. The second-order valence-corrected chi connectivity index (χ2v) is 9.08. The number of likely N-dealkylation sites (tertiary alicyclic amines) is 1. The number of pyridine rings is 1. The molecular weight excluding hydrogens is 388 g/mol. The number of hydrogen-bond donors (Lipinski definition) is 1. The monoisotopic (exact) mass is 412 g/mol. The van der Waals surface area contributed by atoms with E-state index in [0.717, 1.165) is 63.0 Å². The number of hydrogen-bond acceptors (Lipinski definition) is 8. The van der Waals surface area contributed by atoms with Crippen LogP contribution in [0.5, 0.6) is 0 Å². The van der Waals surface area contributed by atoms with Gasteiger partial charge in [0, 0.05) is 43.1 Å². The van der Waals surface area contributed by atoms with Gasteiger partial charge in [0.1, 0.15) is 6.07 Å². The lowest BCUT2D eigenvalue weighted by Crippen LogP contribution is -2.42. The Morgan fingerprint density at radius 2 is 2.21 bits per heavy atom. The van der Waals surface area contributed by atoms with Crippen LogP contribution in [0.3, 0.4) is 0 Å². The summed E-state index contributed by atoms with van der Waals surface area (Å²) in [6, 6.07) is 4.17.